The van der Waals surface area contributed by atoms with Crippen molar-refractivity contribution in [2.24, 2.45) is 5.92 Å². The van der Waals surface area contributed by atoms with Crippen LogP contribution in [-0.2, 0) is 4.74 Å². The molecule has 2 rings (SSSR count). The number of hydrogen-bond donors (Lipinski definition) is 1. The van der Waals surface area contributed by atoms with Gasteiger partial charge in [-0.3, -0.25) is 0 Å². The van der Waals surface area contributed by atoms with Crippen LogP contribution in [0.1, 0.15) is 38.4 Å². The van der Waals surface area contributed by atoms with E-state index in [-0.39, 0.29) is 6.10 Å². The normalized spacial score (nSPS) is 23.1. The second kappa shape index (κ2) is 7.43. The van der Waals surface area contributed by atoms with Crippen LogP contribution in [0.2, 0.25) is 0 Å². The Hall–Kier alpha value is -0.580. The van der Waals surface area contributed by atoms with Gasteiger partial charge in [0, 0.05) is 35.1 Å². The molecule has 2 atom stereocenters. The lowest BCUT2D eigenvalue weighted by Gasteiger charge is -2.33. The number of benzene rings is 1. The van der Waals surface area contributed by atoms with Gasteiger partial charge in [0.05, 0.1) is 13.2 Å². The lowest BCUT2D eigenvalue weighted by molar-refractivity contribution is -0.0293. The summed E-state index contributed by atoms with van der Waals surface area (Å²) in [5.74, 6) is 1.41. The Labute approximate surface area is 130 Å². The molecular formula is C16H24BrNO2. The van der Waals surface area contributed by atoms with Gasteiger partial charge in [0.2, 0.25) is 0 Å². The van der Waals surface area contributed by atoms with Gasteiger partial charge in [0.1, 0.15) is 5.75 Å². The van der Waals surface area contributed by atoms with Gasteiger partial charge in [-0.25, -0.2) is 0 Å². The summed E-state index contributed by atoms with van der Waals surface area (Å²) in [6, 6.07) is 6.63. The van der Waals surface area contributed by atoms with Gasteiger partial charge >= 0.3 is 0 Å². The Bertz CT molecular complexity index is 436. The first kappa shape index (κ1) is 15.8. The predicted molar refractivity (Wildman–Crippen MR) is 85.2 cm³/mol. The average Bonchev–Trinajstić information content (AvgIpc) is 2.45. The summed E-state index contributed by atoms with van der Waals surface area (Å²) in [4.78, 5) is 0. The number of rotatable bonds is 5. The SMILES string of the molecule is COc1ccc(Br)cc1C1OCCCC1CNC(C)C. The molecule has 3 nitrogen and oxygen atoms in total. The van der Waals surface area contributed by atoms with Crippen molar-refractivity contribution in [2.45, 2.75) is 38.8 Å². The molecule has 1 heterocycles. The zero-order valence-corrected chi connectivity index (χ0v) is 14.1. The summed E-state index contributed by atoms with van der Waals surface area (Å²) in [6.07, 6.45) is 2.44. The molecule has 0 aromatic heterocycles. The van der Waals surface area contributed by atoms with E-state index in [1.54, 1.807) is 7.11 Å². The van der Waals surface area contributed by atoms with E-state index in [9.17, 15) is 0 Å². The minimum atomic E-state index is 0.113. The molecule has 0 bridgehead atoms. The highest BCUT2D eigenvalue weighted by Crippen LogP contribution is 2.39. The zero-order valence-electron chi connectivity index (χ0n) is 12.5. The van der Waals surface area contributed by atoms with E-state index in [0.29, 0.717) is 12.0 Å². The maximum Gasteiger partial charge on any atom is 0.124 e. The minimum absolute atomic E-state index is 0.113. The highest BCUT2D eigenvalue weighted by molar-refractivity contribution is 9.10. The smallest absolute Gasteiger partial charge is 0.124 e. The molecule has 1 aliphatic rings. The van der Waals surface area contributed by atoms with Crippen LogP contribution in [-0.4, -0.2) is 26.3 Å². The van der Waals surface area contributed by atoms with E-state index in [1.165, 1.54) is 6.42 Å². The molecule has 0 amide bonds. The van der Waals surface area contributed by atoms with Crippen LogP contribution in [0.4, 0.5) is 0 Å². The first-order valence-electron chi connectivity index (χ1n) is 7.30. The molecular weight excluding hydrogens is 318 g/mol. The Morgan fingerprint density at radius 1 is 1.45 bits per heavy atom. The summed E-state index contributed by atoms with van der Waals surface area (Å²) < 4.78 is 12.6. The van der Waals surface area contributed by atoms with Crippen LogP contribution < -0.4 is 10.1 Å². The Balaban J connectivity index is 2.20. The Kier molecular flexibility index (Phi) is 5.87. The van der Waals surface area contributed by atoms with Crippen molar-refractivity contribution >= 4 is 15.9 Å². The quantitative estimate of drug-likeness (QED) is 0.880. The molecule has 1 aromatic carbocycles. The van der Waals surface area contributed by atoms with Crippen LogP contribution in [0, 0.1) is 5.92 Å². The molecule has 20 heavy (non-hydrogen) atoms. The average molecular weight is 342 g/mol. The van der Waals surface area contributed by atoms with Crippen molar-refractivity contribution in [2.75, 3.05) is 20.3 Å². The van der Waals surface area contributed by atoms with Crippen molar-refractivity contribution in [3.05, 3.63) is 28.2 Å². The third-order valence-corrected chi connectivity index (χ3v) is 4.22. The van der Waals surface area contributed by atoms with Gasteiger partial charge in [0.15, 0.2) is 0 Å². The van der Waals surface area contributed by atoms with Crippen LogP contribution in [0.15, 0.2) is 22.7 Å². The largest absolute Gasteiger partial charge is 0.496 e. The van der Waals surface area contributed by atoms with Crippen molar-refractivity contribution < 1.29 is 9.47 Å². The second-order valence-electron chi connectivity index (χ2n) is 5.64. The topological polar surface area (TPSA) is 30.5 Å². The van der Waals surface area contributed by atoms with Crippen LogP contribution in [0.25, 0.3) is 0 Å². The molecule has 0 aliphatic carbocycles. The number of nitrogens with one attached hydrogen (secondary N) is 1. The van der Waals surface area contributed by atoms with Crippen molar-refractivity contribution in [3.63, 3.8) is 0 Å². The summed E-state index contributed by atoms with van der Waals surface area (Å²) in [6.45, 7) is 6.17. The lowest BCUT2D eigenvalue weighted by Crippen LogP contribution is -2.35. The highest BCUT2D eigenvalue weighted by Gasteiger charge is 2.29. The summed E-state index contributed by atoms with van der Waals surface area (Å²) >= 11 is 3.55. The fourth-order valence-electron chi connectivity index (χ4n) is 2.71. The van der Waals surface area contributed by atoms with Gasteiger partial charge < -0.3 is 14.8 Å². The number of hydrogen-bond acceptors (Lipinski definition) is 3. The third kappa shape index (κ3) is 3.96. The first-order chi connectivity index (χ1) is 9.61. The van der Waals surface area contributed by atoms with E-state index in [1.807, 2.05) is 12.1 Å². The molecule has 1 aromatic rings. The van der Waals surface area contributed by atoms with E-state index >= 15 is 0 Å². The van der Waals surface area contributed by atoms with E-state index < -0.39 is 0 Å². The number of ether oxygens (including phenoxy) is 2. The Morgan fingerprint density at radius 3 is 2.95 bits per heavy atom. The third-order valence-electron chi connectivity index (χ3n) is 3.73. The molecule has 1 N–H and O–H groups in total. The summed E-state index contributed by atoms with van der Waals surface area (Å²) in [5.41, 5.74) is 1.15. The summed E-state index contributed by atoms with van der Waals surface area (Å²) in [5, 5.41) is 3.53. The fraction of sp³-hybridized carbons (Fsp3) is 0.625. The van der Waals surface area contributed by atoms with E-state index in [2.05, 4.69) is 41.2 Å². The maximum atomic E-state index is 6.07. The number of methoxy groups -OCH3 is 1. The molecule has 0 spiro atoms. The zero-order chi connectivity index (χ0) is 14.5. The van der Waals surface area contributed by atoms with Crippen molar-refractivity contribution in [1.82, 2.24) is 5.32 Å². The monoisotopic (exact) mass is 341 g/mol. The second-order valence-corrected chi connectivity index (χ2v) is 6.56. The number of halogens is 1. The molecule has 1 saturated heterocycles. The van der Waals surface area contributed by atoms with Crippen LogP contribution >= 0.6 is 15.9 Å². The van der Waals surface area contributed by atoms with Gasteiger partial charge in [-0.05, 0) is 31.0 Å². The molecule has 1 fully saturated rings. The van der Waals surface area contributed by atoms with Gasteiger partial charge in [0.25, 0.3) is 0 Å². The van der Waals surface area contributed by atoms with Gasteiger partial charge in [-0.1, -0.05) is 29.8 Å². The van der Waals surface area contributed by atoms with Crippen LogP contribution in [0.3, 0.4) is 0 Å². The molecule has 0 radical (unpaired) electrons. The van der Waals surface area contributed by atoms with E-state index in [0.717, 1.165) is 35.4 Å². The predicted octanol–water partition coefficient (Wildman–Crippen LogP) is 3.92. The molecule has 1 aliphatic heterocycles. The highest BCUT2D eigenvalue weighted by atomic mass is 79.9. The van der Waals surface area contributed by atoms with Crippen LogP contribution in [0.5, 0.6) is 5.75 Å². The standard InChI is InChI=1S/C16H24BrNO2/c1-11(2)18-10-12-5-4-8-20-16(12)14-9-13(17)6-7-15(14)19-3/h6-7,9,11-12,16,18H,4-5,8,10H2,1-3H3. The molecule has 2 unspecified atom stereocenters. The molecule has 112 valence electrons. The molecule has 0 saturated carbocycles. The first-order valence-corrected chi connectivity index (χ1v) is 8.09. The lowest BCUT2D eigenvalue weighted by atomic mass is 9.89. The minimum Gasteiger partial charge on any atom is -0.496 e. The van der Waals surface area contributed by atoms with Gasteiger partial charge in [-0.2, -0.15) is 0 Å². The maximum absolute atomic E-state index is 6.07. The van der Waals surface area contributed by atoms with Crippen molar-refractivity contribution in [3.8, 4) is 5.75 Å². The molecule has 4 heteroatoms. The fourth-order valence-corrected chi connectivity index (χ4v) is 3.09. The van der Waals surface area contributed by atoms with Crippen molar-refractivity contribution in [1.29, 1.82) is 0 Å². The Morgan fingerprint density at radius 2 is 2.25 bits per heavy atom. The summed E-state index contributed by atoms with van der Waals surface area (Å²) in [7, 11) is 1.72. The van der Waals surface area contributed by atoms with Gasteiger partial charge in [-0.15, -0.1) is 0 Å². The van der Waals surface area contributed by atoms with E-state index in [4.69, 9.17) is 9.47 Å².